The van der Waals surface area contributed by atoms with Gasteiger partial charge in [0.15, 0.2) is 5.82 Å². The largest absolute Gasteiger partial charge is 0.309 e. The molecule has 11 aromatic rings. The zero-order chi connectivity index (χ0) is 37.0. The van der Waals surface area contributed by atoms with Crippen LogP contribution in [0.15, 0.2) is 200 Å². The summed E-state index contributed by atoms with van der Waals surface area (Å²) in [4.78, 5) is 15.2. The number of benzene rings is 7. The summed E-state index contributed by atoms with van der Waals surface area (Å²) in [5, 5.41) is 4.73. The van der Waals surface area contributed by atoms with Gasteiger partial charge in [-0.2, -0.15) is 0 Å². The number of aromatic nitrogens is 5. The maximum absolute atomic E-state index is 5.11. The Labute approximate surface area is 323 Å². The van der Waals surface area contributed by atoms with E-state index in [2.05, 4.69) is 161 Å². The second-order valence-electron chi connectivity index (χ2n) is 14.1. The van der Waals surface area contributed by atoms with Gasteiger partial charge >= 0.3 is 0 Å². The zero-order valence-electron chi connectivity index (χ0n) is 30.3. The van der Waals surface area contributed by atoms with E-state index >= 15 is 0 Å². The van der Waals surface area contributed by atoms with Crippen LogP contribution in [0.25, 0.3) is 100 Å². The van der Waals surface area contributed by atoms with Gasteiger partial charge in [0.25, 0.3) is 0 Å². The fourth-order valence-corrected chi connectivity index (χ4v) is 8.17. The summed E-state index contributed by atoms with van der Waals surface area (Å²) >= 11 is 0. The molecule has 0 saturated carbocycles. The lowest BCUT2D eigenvalue weighted by Crippen LogP contribution is -1.98. The molecule has 5 nitrogen and oxygen atoms in total. The molecular formula is C51H33N5. The van der Waals surface area contributed by atoms with Gasteiger partial charge < -0.3 is 4.57 Å². The maximum Gasteiger partial charge on any atom is 0.160 e. The van der Waals surface area contributed by atoms with Crippen molar-refractivity contribution in [2.75, 3.05) is 0 Å². The summed E-state index contributed by atoms with van der Waals surface area (Å²) in [5.41, 5.74) is 13.6. The number of nitrogens with zero attached hydrogens (tertiary/aromatic N) is 5. The Balaban J connectivity index is 1.06. The molecule has 5 heteroatoms. The van der Waals surface area contributed by atoms with Crippen molar-refractivity contribution in [2.45, 2.75) is 0 Å². The first-order valence-corrected chi connectivity index (χ1v) is 18.9. The van der Waals surface area contributed by atoms with Crippen LogP contribution in [0.1, 0.15) is 0 Å². The summed E-state index contributed by atoms with van der Waals surface area (Å²) in [7, 11) is 0. The van der Waals surface area contributed by atoms with Crippen LogP contribution in [0.4, 0.5) is 0 Å². The lowest BCUT2D eigenvalue weighted by Gasteiger charge is -2.12. The van der Waals surface area contributed by atoms with E-state index in [1.165, 1.54) is 21.8 Å². The molecule has 0 saturated heterocycles. The van der Waals surface area contributed by atoms with Gasteiger partial charge in [-0.25, -0.2) is 15.0 Å². The molecule has 0 bridgehead atoms. The van der Waals surface area contributed by atoms with Crippen molar-refractivity contribution in [1.82, 2.24) is 24.1 Å². The monoisotopic (exact) mass is 715 g/mol. The fourth-order valence-electron chi connectivity index (χ4n) is 8.17. The van der Waals surface area contributed by atoms with Gasteiger partial charge in [-0.15, -0.1) is 0 Å². The van der Waals surface area contributed by atoms with Gasteiger partial charge in [0, 0.05) is 55.8 Å². The molecule has 0 unspecified atom stereocenters. The average molecular weight is 716 g/mol. The molecule has 0 fully saturated rings. The molecule has 0 spiro atoms. The Morgan fingerprint density at radius 2 is 0.911 bits per heavy atom. The van der Waals surface area contributed by atoms with Crippen LogP contribution in [0.3, 0.4) is 0 Å². The van der Waals surface area contributed by atoms with E-state index in [4.69, 9.17) is 15.0 Å². The predicted octanol–water partition coefficient (Wildman–Crippen LogP) is 12.7. The highest BCUT2D eigenvalue weighted by Gasteiger charge is 2.18. The molecule has 0 aliphatic heterocycles. The highest BCUT2D eigenvalue weighted by atomic mass is 15.0. The summed E-state index contributed by atoms with van der Waals surface area (Å²) in [6, 6.07) is 68.3. The van der Waals surface area contributed by atoms with Crippen LogP contribution in [0.5, 0.6) is 0 Å². The van der Waals surface area contributed by atoms with Gasteiger partial charge in [-0.1, -0.05) is 127 Å². The molecule has 0 aliphatic rings. The molecule has 4 aromatic heterocycles. The average Bonchev–Trinajstić information content (AvgIpc) is 3.79. The molecule has 0 amide bonds. The second-order valence-corrected chi connectivity index (χ2v) is 14.1. The topological polar surface area (TPSA) is 48.5 Å². The molecule has 262 valence electrons. The SMILES string of the molecule is c1ccc(-c2cc(-c3ccccc3)nc(-c3cccc(-n4c5ccc(-c6ccc7c8ccccc8n(-c8ccccc8)c7c6)cc5c5cccnc54)c3)n2)cc1. The Morgan fingerprint density at radius 1 is 0.321 bits per heavy atom. The van der Waals surface area contributed by atoms with E-state index in [9.17, 15) is 0 Å². The molecule has 7 aromatic carbocycles. The van der Waals surface area contributed by atoms with Gasteiger partial charge in [0.05, 0.1) is 27.9 Å². The summed E-state index contributed by atoms with van der Waals surface area (Å²) < 4.78 is 4.63. The third-order valence-electron chi connectivity index (χ3n) is 10.8. The van der Waals surface area contributed by atoms with Crippen LogP contribution >= 0.6 is 0 Å². The fraction of sp³-hybridized carbons (Fsp3) is 0. The van der Waals surface area contributed by atoms with Crippen LogP contribution in [0, 0.1) is 0 Å². The molecule has 0 atom stereocenters. The predicted molar refractivity (Wildman–Crippen MR) is 230 cm³/mol. The zero-order valence-corrected chi connectivity index (χ0v) is 30.3. The summed E-state index contributed by atoms with van der Waals surface area (Å²) in [6.45, 7) is 0. The minimum Gasteiger partial charge on any atom is -0.309 e. The van der Waals surface area contributed by atoms with E-state index in [-0.39, 0.29) is 0 Å². The van der Waals surface area contributed by atoms with E-state index in [0.29, 0.717) is 5.82 Å². The van der Waals surface area contributed by atoms with Crippen molar-refractivity contribution in [3.63, 3.8) is 0 Å². The van der Waals surface area contributed by atoms with Gasteiger partial charge in [0.1, 0.15) is 5.65 Å². The van der Waals surface area contributed by atoms with E-state index in [1.807, 2.05) is 48.7 Å². The molecule has 56 heavy (non-hydrogen) atoms. The third kappa shape index (κ3) is 5.29. The lowest BCUT2D eigenvalue weighted by atomic mass is 10.0. The molecule has 0 radical (unpaired) electrons. The molecule has 0 aliphatic carbocycles. The standard InChI is InChI=1S/C51H33N5/c1-4-14-34(15-5-1)45-33-46(35-16-6-2-7-17-35)54-50(53-45)38-18-12-21-40(30-38)56-48-28-26-36(31-44(48)43-23-13-29-52-51(43)56)37-25-27-42-41-22-10-11-24-47(41)55(49(42)32-37)39-19-8-3-9-20-39/h1-33H. The Bertz CT molecular complexity index is 3180. The number of pyridine rings is 1. The normalized spacial score (nSPS) is 11.6. The van der Waals surface area contributed by atoms with Crippen molar-refractivity contribution < 1.29 is 0 Å². The first-order chi connectivity index (χ1) is 27.8. The van der Waals surface area contributed by atoms with Crippen LogP contribution in [-0.2, 0) is 0 Å². The van der Waals surface area contributed by atoms with Crippen molar-refractivity contribution in [2.24, 2.45) is 0 Å². The van der Waals surface area contributed by atoms with E-state index in [0.717, 1.165) is 72.5 Å². The molecule has 4 heterocycles. The van der Waals surface area contributed by atoms with Gasteiger partial charge in [-0.05, 0) is 77.9 Å². The number of hydrogen-bond acceptors (Lipinski definition) is 3. The number of para-hydroxylation sites is 2. The minimum atomic E-state index is 0.673. The first kappa shape index (κ1) is 31.9. The maximum atomic E-state index is 5.11. The highest BCUT2D eigenvalue weighted by Crippen LogP contribution is 2.38. The smallest absolute Gasteiger partial charge is 0.160 e. The molecular weight excluding hydrogens is 683 g/mol. The summed E-state index contributed by atoms with van der Waals surface area (Å²) in [5.74, 6) is 0.673. The Hall–Kier alpha value is -7.63. The van der Waals surface area contributed by atoms with Crippen molar-refractivity contribution >= 4 is 43.7 Å². The van der Waals surface area contributed by atoms with E-state index in [1.54, 1.807) is 0 Å². The Kier molecular flexibility index (Phi) is 7.42. The van der Waals surface area contributed by atoms with Gasteiger partial charge in [-0.3, -0.25) is 4.57 Å². The minimum absolute atomic E-state index is 0.673. The number of fused-ring (bicyclic) bond motifs is 6. The van der Waals surface area contributed by atoms with Crippen molar-refractivity contribution in [3.05, 3.63) is 200 Å². The quantitative estimate of drug-likeness (QED) is 0.172. The number of rotatable bonds is 6. The van der Waals surface area contributed by atoms with Crippen molar-refractivity contribution in [3.8, 4) is 56.4 Å². The Morgan fingerprint density at radius 3 is 1.68 bits per heavy atom. The van der Waals surface area contributed by atoms with Crippen LogP contribution < -0.4 is 0 Å². The number of hydrogen-bond donors (Lipinski definition) is 0. The van der Waals surface area contributed by atoms with Crippen molar-refractivity contribution in [1.29, 1.82) is 0 Å². The third-order valence-corrected chi connectivity index (χ3v) is 10.8. The first-order valence-electron chi connectivity index (χ1n) is 18.9. The van der Waals surface area contributed by atoms with Crippen LogP contribution in [-0.4, -0.2) is 24.1 Å². The molecule has 0 N–H and O–H groups in total. The van der Waals surface area contributed by atoms with Gasteiger partial charge in [0.2, 0.25) is 0 Å². The second kappa shape index (κ2) is 13.0. The highest BCUT2D eigenvalue weighted by molar-refractivity contribution is 6.12. The van der Waals surface area contributed by atoms with E-state index < -0.39 is 0 Å². The lowest BCUT2D eigenvalue weighted by molar-refractivity contribution is 1.13. The summed E-state index contributed by atoms with van der Waals surface area (Å²) in [6.07, 6.45) is 1.87. The molecule has 11 rings (SSSR count). The van der Waals surface area contributed by atoms with Crippen LogP contribution in [0.2, 0.25) is 0 Å².